The molecular formula is C94H108F4N32O5S. The normalized spacial score (nSPS) is 19.5. The molecule has 0 bridgehead atoms. The van der Waals surface area contributed by atoms with Gasteiger partial charge in [0.15, 0.2) is 46.6 Å². The summed E-state index contributed by atoms with van der Waals surface area (Å²) in [7, 11) is 3.01. The van der Waals surface area contributed by atoms with E-state index in [9.17, 15) is 36.7 Å². The summed E-state index contributed by atoms with van der Waals surface area (Å²) in [6.07, 6.45) is 39.6. The minimum Gasteiger partial charge on any atom is -0.495 e. The van der Waals surface area contributed by atoms with Crippen LogP contribution in [0.25, 0.3) is 22.7 Å². The highest BCUT2D eigenvalue weighted by Gasteiger charge is 2.48. The van der Waals surface area contributed by atoms with Gasteiger partial charge in [-0.3, -0.25) is 37.4 Å². The monoisotopic (exact) mass is 1870 g/mol. The van der Waals surface area contributed by atoms with Crippen LogP contribution in [0.3, 0.4) is 0 Å². The first-order valence-corrected chi connectivity index (χ1v) is 48.3. The average molecular weight is 1870 g/mol. The van der Waals surface area contributed by atoms with E-state index in [1.807, 2.05) is 36.6 Å². The van der Waals surface area contributed by atoms with Gasteiger partial charge >= 0.3 is 0 Å². The molecule has 4 amide bonds. The largest absolute Gasteiger partial charge is 0.495 e. The van der Waals surface area contributed by atoms with Gasteiger partial charge in [0.05, 0.1) is 83.0 Å². The van der Waals surface area contributed by atoms with Crippen molar-refractivity contribution < 1.29 is 41.5 Å². The molecule has 708 valence electrons. The number of halogens is 4. The van der Waals surface area contributed by atoms with Crippen molar-refractivity contribution in [3.8, 4) is 28.5 Å². The molecule has 7 fully saturated rings. The molecule has 4 atom stereocenters. The Balaban J connectivity index is 0.000000112. The molecular weight excluding hydrogens is 1770 g/mol. The fourth-order valence-electron chi connectivity index (χ4n) is 20.4. The van der Waals surface area contributed by atoms with E-state index < -0.39 is 29.5 Å². The van der Waals surface area contributed by atoms with Crippen LogP contribution in [0, 0.1) is 11.6 Å². The van der Waals surface area contributed by atoms with Crippen molar-refractivity contribution >= 4 is 104 Å². The van der Waals surface area contributed by atoms with E-state index in [4.69, 9.17) is 24.7 Å². The van der Waals surface area contributed by atoms with E-state index in [1.54, 1.807) is 80.3 Å². The topological polar surface area (TPSA) is 413 Å². The maximum atomic E-state index is 14.9. The van der Waals surface area contributed by atoms with Gasteiger partial charge in [0.2, 0.25) is 23.8 Å². The van der Waals surface area contributed by atoms with Crippen LogP contribution in [0.5, 0.6) is 5.75 Å². The number of hydrogen-bond donors (Lipinski definition) is 8. The molecule has 12 aromatic rings. The van der Waals surface area contributed by atoms with E-state index in [1.165, 1.54) is 108 Å². The zero-order valence-corrected chi connectivity index (χ0v) is 77.2. The summed E-state index contributed by atoms with van der Waals surface area (Å²) in [5.41, 5.74) is 5.31. The SMILES string of the molecule is CC[C@@H]1c2nncn2-c2cnc(Nc3ccc(C(=O)NC)cc3F)nc2N1C1CCCC1.CC[C@@H]1c2nncn2-c2cnc(Nc3ccc(C(=O)NC4CC(F)(F)C4)cc3OC)nc2N1C1CCCC1.CC[C@@H]1c2nncn2-c2cnc(Nc3ccc(C(=O)NC4CC4)cc3F)nc2N1C1CCCC1.CC[C@@H]1c2nncn2-c2cnc(Nc3ccc(C(=O)NC4CC4)s3)nc2N1C1CCCC1. The Labute approximate surface area is 785 Å². The second kappa shape index (κ2) is 38.4. The van der Waals surface area contributed by atoms with Gasteiger partial charge < -0.3 is 66.9 Å². The second-order valence-electron chi connectivity index (χ2n) is 36.4. The first-order valence-electron chi connectivity index (χ1n) is 47.5. The molecule has 13 heterocycles. The lowest BCUT2D eigenvalue weighted by molar-refractivity contribution is -0.0901. The predicted molar refractivity (Wildman–Crippen MR) is 502 cm³/mol. The molecule has 0 spiro atoms. The molecule has 3 aromatic carbocycles. The maximum Gasteiger partial charge on any atom is 0.261 e. The first-order chi connectivity index (χ1) is 66.3. The van der Waals surface area contributed by atoms with Gasteiger partial charge in [0.25, 0.3) is 29.6 Å². The Morgan fingerprint density at radius 3 is 1.06 bits per heavy atom. The molecule has 8 N–H and O–H groups in total. The van der Waals surface area contributed by atoms with Gasteiger partial charge in [0.1, 0.15) is 65.4 Å². The van der Waals surface area contributed by atoms with Crippen molar-refractivity contribution in [1.29, 1.82) is 0 Å². The summed E-state index contributed by atoms with van der Waals surface area (Å²) in [5, 5.41) is 58.6. The number of anilines is 12. The molecule has 4 aliphatic heterocycles. The molecule has 7 aliphatic carbocycles. The molecule has 0 radical (unpaired) electrons. The van der Waals surface area contributed by atoms with Crippen molar-refractivity contribution in [2.45, 2.75) is 267 Å². The lowest BCUT2D eigenvalue weighted by atomic mass is 9.88. The number of ether oxygens (including phenoxy) is 1. The summed E-state index contributed by atoms with van der Waals surface area (Å²) in [4.78, 5) is 96.7. The first kappa shape index (κ1) is 89.9. The molecule has 7 saturated carbocycles. The van der Waals surface area contributed by atoms with Crippen molar-refractivity contribution in [2.24, 2.45) is 0 Å². The van der Waals surface area contributed by atoms with E-state index in [2.05, 4.69) is 151 Å². The number of benzene rings is 3. The zero-order valence-electron chi connectivity index (χ0n) is 76.4. The van der Waals surface area contributed by atoms with Crippen molar-refractivity contribution in [3.63, 3.8) is 0 Å². The standard InChI is InChI=1S/C26H30F2N8O2.C24H27FN8O.C22H25FN8O.C22H26N8OS/c1-3-19-23-34-30-14-35(23)20-13-29-25(33-22(20)36(19)17-6-4-5-7-17)32-18-9-8-15(10-21(18)38-2)24(37)31-16-11-26(27,28)12-16;1-2-19-22-31-27-13-32(22)20-12-26-24(30-21(20)33(19)16-5-3-4-6-16)29-18-10-7-14(11-17(18)25)23(34)28-15-8-9-15;1-3-17-20-29-26-12-30(20)18-11-25-22(28-19(18)31(17)14-6-4-5-7-14)27-16-9-8-13(10-15(16)23)21(32)24-2;1-2-15-20-28-24-12-29(20)16-11-23-22(27-19(16)30(15)14-5-3-4-6-14)26-18-10-9-17(32-18)21(31)25-13-7-8-13/h8-10,13-14,16-17,19H,3-7,11-12H2,1-2H3,(H,31,37)(H,29,32,33);7,10-13,15-16,19H,2-6,8-9H2,1H3,(H,28,34)(H,26,29,30);8-12,14,17H,3-7H2,1-2H3,(H,24,32)(H,25,27,28);9-15H,2-8H2,1H3,(H,25,31)(H,23,26,27)/t2*19-;17-;15-/m1111/s1. The highest BCUT2D eigenvalue weighted by molar-refractivity contribution is 7.18. The Kier molecular flexibility index (Phi) is 25.4. The number of aromatic nitrogens is 20. The maximum absolute atomic E-state index is 14.9. The zero-order chi connectivity index (χ0) is 93.6. The fourth-order valence-corrected chi connectivity index (χ4v) is 21.2. The van der Waals surface area contributed by atoms with Crippen molar-refractivity contribution in [3.05, 3.63) is 173 Å². The number of nitrogens with zero attached hydrogens (tertiary/aromatic N) is 24. The number of fused-ring (bicyclic) bond motifs is 12. The third-order valence-electron chi connectivity index (χ3n) is 27.5. The summed E-state index contributed by atoms with van der Waals surface area (Å²) in [5.74, 6) is 4.20. The number of thiophene rings is 1. The number of methoxy groups -OCH3 is 1. The van der Waals surface area contributed by atoms with Crippen molar-refractivity contribution in [1.82, 2.24) is 120 Å². The van der Waals surface area contributed by atoms with E-state index >= 15 is 0 Å². The minimum absolute atomic E-state index is 0.00440. The number of alkyl halides is 2. The summed E-state index contributed by atoms with van der Waals surface area (Å²) in [6, 6.07) is 19.3. The molecule has 11 aliphatic rings. The third-order valence-corrected chi connectivity index (χ3v) is 28.5. The van der Waals surface area contributed by atoms with Gasteiger partial charge in [-0.15, -0.1) is 52.1 Å². The van der Waals surface area contributed by atoms with Crippen molar-refractivity contribution in [2.75, 3.05) is 55.0 Å². The molecule has 9 aromatic heterocycles. The molecule has 0 unspecified atom stereocenters. The quantitative estimate of drug-likeness (QED) is 0.0260. The predicted octanol–water partition coefficient (Wildman–Crippen LogP) is 16.1. The van der Waals surface area contributed by atoms with E-state index in [0.717, 1.165) is 164 Å². The summed E-state index contributed by atoms with van der Waals surface area (Å²) < 4.78 is 69.2. The molecule has 23 rings (SSSR count). The minimum atomic E-state index is -2.70. The van der Waals surface area contributed by atoms with Gasteiger partial charge in [0, 0.05) is 78.9 Å². The van der Waals surface area contributed by atoms with Crippen LogP contribution >= 0.6 is 11.3 Å². The molecule has 0 saturated heterocycles. The van der Waals surface area contributed by atoms with Crippen LogP contribution in [-0.2, 0) is 0 Å². The van der Waals surface area contributed by atoms with Crippen LogP contribution in [0.2, 0.25) is 0 Å². The van der Waals surface area contributed by atoms with Gasteiger partial charge in [-0.05, 0) is 169 Å². The second-order valence-corrected chi connectivity index (χ2v) is 37.5. The average Bonchev–Trinajstić information content (AvgIpc) is 1.50. The molecule has 37 nitrogen and oxygen atoms in total. The van der Waals surface area contributed by atoms with Crippen LogP contribution in [0.15, 0.2) is 117 Å². The Morgan fingerprint density at radius 1 is 0.404 bits per heavy atom. The Morgan fingerprint density at radius 2 is 0.728 bits per heavy atom. The molecule has 42 heteroatoms. The Bertz CT molecular complexity index is 6400. The smallest absolute Gasteiger partial charge is 0.261 e. The van der Waals surface area contributed by atoms with E-state index in [0.29, 0.717) is 81.4 Å². The van der Waals surface area contributed by atoms with Crippen LogP contribution in [0.4, 0.5) is 86.7 Å². The number of carbonyl (C=O) groups is 4. The van der Waals surface area contributed by atoms with Gasteiger partial charge in [-0.2, -0.15) is 19.9 Å². The summed E-state index contributed by atoms with van der Waals surface area (Å²) in [6.45, 7) is 8.63. The number of carbonyl (C=O) groups excluding carboxylic acids is 4. The number of amides is 4. The number of nitrogens with one attached hydrogen (secondary N) is 8. The fraction of sp³-hybridized carbons (Fsp3) is 0.468. The highest BCUT2D eigenvalue weighted by Crippen LogP contribution is 2.50. The van der Waals surface area contributed by atoms with Crippen LogP contribution in [0.1, 0.15) is 283 Å². The van der Waals surface area contributed by atoms with Crippen LogP contribution in [-0.4, -0.2) is 185 Å². The third kappa shape index (κ3) is 18.2. The lowest BCUT2D eigenvalue weighted by Gasteiger charge is -2.40. The lowest BCUT2D eigenvalue weighted by Crippen LogP contribution is -2.50. The number of hydrogen-bond acceptors (Lipinski definition) is 30. The van der Waals surface area contributed by atoms with Gasteiger partial charge in [-0.25, -0.2) is 37.5 Å². The Hall–Kier alpha value is -14.0. The highest BCUT2D eigenvalue weighted by atomic mass is 32.1. The van der Waals surface area contributed by atoms with Crippen LogP contribution < -0.4 is 66.9 Å². The summed E-state index contributed by atoms with van der Waals surface area (Å²) >= 11 is 1.42. The van der Waals surface area contributed by atoms with Gasteiger partial charge in [-0.1, -0.05) is 79.1 Å². The van der Waals surface area contributed by atoms with E-state index in [-0.39, 0.29) is 77.7 Å². The molecule has 136 heavy (non-hydrogen) atoms. The number of rotatable bonds is 24.